The molecular formula is C29H52. The van der Waals surface area contributed by atoms with E-state index in [1.54, 1.807) is 44.9 Å². The van der Waals surface area contributed by atoms with Gasteiger partial charge in [-0.1, -0.05) is 67.7 Å². The number of hydrogen-bond donors (Lipinski definition) is 0. The smallest absolute Gasteiger partial charge is 0.0264 e. The van der Waals surface area contributed by atoms with Crippen LogP contribution in [0.4, 0.5) is 0 Å². The van der Waals surface area contributed by atoms with Gasteiger partial charge in [-0.05, 0) is 115 Å². The van der Waals surface area contributed by atoms with Gasteiger partial charge >= 0.3 is 0 Å². The van der Waals surface area contributed by atoms with Gasteiger partial charge in [-0.2, -0.15) is 0 Å². The van der Waals surface area contributed by atoms with Crippen molar-refractivity contribution in [2.45, 2.75) is 126 Å². The lowest BCUT2D eigenvalue weighted by Gasteiger charge is -2.61. The molecule has 0 spiro atoms. The van der Waals surface area contributed by atoms with E-state index in [4.69, 9.17) is 0 Å². The van der Waals surface area contributed by atoms with Crippen LogP contribution in [0.3, 0.4) is 0 Å². The van der Waals surface area contributed by atoms with Gasteiger partial charge in [-0.15, -0.1) is 0 Å². The van der Waals surface area contributed by atoms with Crippen molar-refractivity contribution in [1.29, 1.82) is 0 Å². The predicted molar refractivity (Wildman–Crippen MR) is 127 cm³/mol. The molecule has 1 unspecified atom stereocenters. The van der Waals surface area contributed by atoms with E-state index in [2.05, 4.69) is 48.5 Å². The zero-order valence-corrected chi connectivity index (χ0v) is 21.0. The molecule has 0 aromatic heterocycles. The average molecular weight is 401 g/mol. The second-order valence-corrected chi connectivity index (χ2v) is 14.0. The van der Waals surface area contributed by atoms with Crippen molar-refractivity contribution in [1.82, 2.24) is 0 Å². The van der Waals surface area contributed by atoms with Gasteiger partial charge in [0, 0.05) is 0 Å². The summed E-state index contributed by atoms with van der Waals surface area (Å²) in [4.78, 5) is 0. The Labute approximate surface area is 183 Å². The lowest BCUT2D eigenvalue weighted by atomic mass is 9.44. The van der Waals surface area contributed by atoms with Crippen LogP contribution in [0.1, 0.15) is 126 Å². The van der Waals surface area contributed by atoms with Crippen LogP contribution in [0.2, 0.25) is 0 Å². The Morgan fingerprint density at radius 2 is 1.48 bits per heavy atom. The van der Waals surface area contributed by atoms with Crippen LogP contribution in [0.25, 0.3) is 0 Å². The van der Waals surface area contributed by atoms with Crippen LogP contribution >= 0.6 is 0 Å². The maximum atomic E-state index is 2.75. The van der Waals surface area contributed by atoms with Gasteiger partial charge < -0.3 is 0 Å². The first kappa shape index (κ1) is 22.2. The zero-order chi connectivity index (χ0) is 21.0. The summed E-state index contributed by atoms with van der Waals surface area (Å²) in [7, 11) is 0. The highest BCUT2D eigenvalue weighted by Crippen LogP contribution is 2.68. The summed E-state index contributed by atoms with van der Waals surface area (Å²) in [5.41, 5.74) is 1.83. The molecule has 29 heavy (non-hydrogen) atoms. The molecule has 4 aliphatic carbocycles. The Hall–Kier alpha value is 0. The fourth-order valence-electron chi connectivity index (χ4n) is 9.42. The molecule has 0 radical (unpaired) electrons. The van der Waals surface area contributed by atoms with E-state index in [0.29, 0.717) is 16.2 Å². The van der Waals surface area contributed by atoms with Crippen molar-refractivity contribution < 1.29 is 0 Å². The summed E-state index contributed by atoms with van der Waals surface area (Å²) in [6.45, 7) is 17.9. The van der Waals surface area contributed by atoms with Gasteiger partial charge in [0.1, 0.15) is 0 Å². The molecule has 0 saturated heterocycles. The molecule has 0 nitrogen and oxygen atoms in total. The van der Waals surface area contributed by atoms with Crippen LogP contribution < -0.4 is 0 Å². The molecule has 0 aromatic rings. The Morgan fingerprint density at radius 3 is 2.21 bits per heavy atom. The minimum atomic E-state index is 0.466. The summed E-state index contributed by atoms with van der Waals surface area (Å²) < 4.78 is 0. The molecule has 168 valence electrons. The van der Waals surface area contributed by atoms with E-state index >= 15 is 0 Å². The number of rotatable bonds is 4. The number of fused-ring (bicyclic) bond motifs is 5. The maximum absolute atomic E-state index is 2.75. The highest BCUT2D eigenvalue weighted by Gasteiger charge is 2.60. The molecule has 0 bridgehead atoms. The maximum Gasteiger partial charge on any atom is -0.0264 e. The Balaban J connectivity index is 1.45. The topological polar surface area (TPSA) is 0 Å². The molecule has 0 amide bonds. The lowest BCUT2D eigenvalue weighted by molar-refractivity contribution is -0.114. The summed E-state index contributed by atoms with van der Waals surface area (Å²) in [5, 5.41) is 0. The predicted octanol–water partition coefficient (Wildman–Crippen LogP) is 9.13. The Morgan fingerprint density at radius 1 is 0.759 bits per heavy atom. The highest BCUT2D eigenvalue weighted by atomic mass is 14.6. The molecule has 4 fully saturated rings. The first-order chi connectivity index (χ1) is 13.6. The van der Waals surface area contributed by atoms with Crippen molar-refractivity contribution in [2.24, 2.45) is 57.7 Å². The monoisotopic (exact) mass is 400 g/mol. The number of hydrogen-bond acceptors (Lipinski definition) is 0. The van der Waals surface area contributed by atoms with E-state index in [1.807, 2.05) is 0 Å². The van der Waals surface area contributed by atoms with E-state index < -0.39 is 0 Å². The van der Waals surface area contributed by atoms with Crippen LogP contribution in [0, 0.1) is 57.7 Å². The summed E-state index contributed by atoms with van der Waals surface area (Å²) in [6.07, 6.45) is 18.4. The van der Waals surface area contributed by atoms with E-state index in [1.165, 1.54) is 32.1 Å². The molecule has 0 N–H and O–H groups in total. The summed E-state index contributed by atoms with van der Waals surface area (Å²) in [5.74, 6) is 7.01. The Kier molecular flexibility index (Phi) is 6.01. The standard InChI is InChI=1S/C29H52/c1-20(11-12-21(2)27(3,4)5)24-15-16-25-23-14-13-22-10-8-9-18-28(22,6)26(23)17-19-29(24,25)7/h20-26H,8-19H2,1-7H3/t20-,21+,22?,23+,24-,25+,26+,28+,29-/m1/s1. The van der Waals surface area contributed by atoms with Crippen molar-refractivity contribution in [2.75, 3.05) is 0 Å². The highest BCUT2D eigenvalue weighted by molar-refractivity contribution is 5.09. The van der Waals surface area contributed by atoms with Crippen LogP contribution in [-0.2, 0) is 0 Å². The van der Waals surface area contributed by atoms with Gasteiger partial charge in [-0.3, -0.25) is 0 Å². The first-order valence-corrected chi connectivity index (χ1v) is 13.6. The molecule has 0 heteroatoms. The molecule has 0 aromatic carbocycles. The minimum absolute atomic E-state index is 0.466. The molecule has 4 saturated carbocycles. The Bertz CT molecular complexity index is 569. The van der Waals surface area contributed by atoms with Gasteiger partial charge in [0.15, 0.2) is 0 Å². The normalized spacial score (nSPS) is 47.1. The third-order valence-electron chi connectivity index (χ3n) is 11.9. The fourth-order valence-corrected chi connectivity index (χ4v) is 9.42. The van der Waals surface area contributed by atoms with Crippen LogP contribution in [-0.4, -0.2) is 0 Å². The molecule has 4 aliphatic rings. The van der Waals surface area contributed by atoms with Gasteiger partial charge in [-0.25, -0.2) is 0 Å². The largest absolute Gasteiger partial charge is 0.0622 e. The summed E-state index contributed by atoms with van der Waals surface area (Å²) >= 11 is 0. The molecule has 9 atom stereocenters. The summed E-state index contributed by atoms with van der Waals surface area (Å²) in [6, 6.07) is 0. The first-order valence-electron chi connectivity index (χ1n) is 13.6. The SMILES string of the molecule is C[C@H](CC[C@H](C)C(C)(C)C)[C@H]1CC[C@H]2[C@@H]3CCC4CCCC[C@]4(C)[C@H]3CC[C@]12C. The van der Waals surface area contributed by atoms with E-state index in [-0.39, 0.29) is 0 Å². The molecule has 0 aliphatic heterocycles. The van der Waals surface area contributed by atoms with Crippen LogP contribution in [0.5, 0.6) is 0 Å². The van der Waals surface area contributed by atoms with E-state index in [9.17, 15) is 0 Å². The second-order valence-electron chi connectivity index (χ2n) is 14.0. The van der Waals surface area contributed by atoms with Gasteiger partial charge in [0.25, 0.3) is 0 Å². The van der Waals surface area contributed by atoms with Crippen molar-refractivity contribution >= 4 is 0 Å². The molecular weight excluding hydrogens is 348 g/mol. The van der Waals surface area contributed by atoms with Crippen molar-refractivity contribution in [3.63, 3.8) is 0 Å². The third-order valence-corrected chi connectivity index (χ3v) is 11.9. The van der Waals surface area contributed by atoms with Crippen molar-refractivity contribution in [3.05, 3.63) is 0 Å². The zero-order valence-electron chi connectivity index (χ0n) is 21.0. The third kappa shape index (κ3) is 3.75. The van der Waals surface area contributed by atoms with Gasteiger partial charge in [0.2, 0.25) is 0 Å². The lowest BCUT2D eigenvalue weighted by Crippen LogP contribution is -2.53. The van der Waals surface area contributed by atoms with E-state index in [0.717, 1.165) is 41.4 Å². The minimum Gasteiger partial charge on any atom is -0.0622 e. The van der Waals surface area contributed by atoms with Gasteiger partial charge in [0.05, 0.1) is 0 Å². The second kappa shape index (κ2) is 7.85. The quantitative estimate of drug-likeness (QED) is 0.441. The fraction of sp³-hybridized carbons (Fsp3) is 1.00. The van der Waals surface area contributed by atoms with Crippen LogP contribution in [0.15, 0.2) is 0 Å². The molecule has 4 rings (SSSR count). The average Bonchev–Trinajstić information content (AvgIpc) is 3.01. The molecule has 0 heterocycles. The van der Waals surface area contributed by atoms with Crippen molar-refractivity contribution in [3.8, 4) is 0 Å².